The smallest absolute Gasteiger partial charge is 0.417 e. The fourth-order valence-electron chi connectivity index (χ4n) is 2.93. The zero-order valence-electron chi connectivity index (χ0n) is 17.2. The SMILES string of the molecule is CCCC(COc1ccc(C#N)c(C(F)(F)F)c1)Oc1ccc(C=NC)c(C(F)(F)F)c1. The van der Waals surface area contributed by atoms with Crippen molar-refractivity contribution in [3.05, 3.63) is 58.7 Å². The summed E-state index contributed by atoms with van der Waals surface area (Å²) in [5, 5.41) is 8.86. The standard InChI is InChI=1S/C22H20F6N2O2/c1-3-4-18(13-31-16-7-5-14(11-29)19(9-16)21(23,24)25)32-17-8-6-15(12-30-2)20(10-17)22(26,27)28/h5-10,12,18H,3-4,13H2,1-2H3. The van der Waals surface area contributed by atoms with E-state index >= 15 is 0 Å². The zero-order valence-corrected chi connectivity index (χ0v) is 17.2. The summed E-state index contributed by atoms with van der Waals surface area (Å²) in [4.78, 5) is 3.61. The maximum Gasteiger partial charge on any atom is 0.417 e. The summed E-state index contributed by atoms with van der Waals surface area (Å²) in [7, 11) is 1.35. The molecule has 0 amide bonds. The second-order valence-corrected chi connectivity index (χ2v) is 6.79. The average molecular weight is 458 g/mol. The number of nitriles is 1. The summed E-state index contributed by atoms with van der Waals surface area (Å²) in [6, 6.07) is 7.84. The van der Waals surface area contributed by atoms with Gasteiger partial charge in [-0.05, 0) is 42.8 Å². The molecule has 0 saturated heterocycles. The van der Waals surface area contributed by atoms with Crippen molar-refractivity contribution in [3.63, 3.8) is 0 Å². The second kappa shape index (κ2) is 10.4. The predicted octanol–water partition coefficient (Wildman–Crippen LogP) is 6.27. The zero-order chi connectivity index (χ0) is 23.9. The van der Waals surface area contributed by atoms with Crippen LogP contribution in [0, 0.1) is 11.3 Å². The number of halogens is 6. The van der Waals surface area contributed by atoms with Gasteiger partial charge in [0.1, 0.15) is 24.2 Å². The van der Waals surface area contributed by atoms with Crippen molar-refractivity contribution < 1.29 is 35.8 Å². The number of aliphatic imine (C=N–C) groups is 1. The highest BCUT2D eigenvalue weighted by Crippen LogP contribution is 2.35. The van der Waals surface area contributed by atoms with Crippen LogP contribution in [0.5, 0.6) is 11.5 Å². The van der Waals surface area contributed by atoms with Crippen LogP contribution in [0.3, 0.4) is 0 Å². The molecule has 0 saturated carbocycles. The summed E-state index contributed by atoms with van der Waals surface area (Å²) in [6.07, 6.45) is -7.99. The Morgan fingerprint density at radius 1 is 1.00 bits per heavy atom. The summed E-state index contributed by atoms with van der Waals surface area (Å²) >= 11 is 0. The molecule has 1 atom stereocenters. The van der Waals surface area contributed by atoms with Gasteiger partial charge in [-0.25, -0.2) is 0 Å². The fraction of sp³-hybridized carbons (Fsp3) is 0.364. The van der Waals surface area contributed by atoms with Crippen LogP contribution >= 0.6 is 0 Å². The molecule has 0 aliphatic rings. The molecule has 0 aliphatic heterocycles. The monoisotopic (exact) mass is 458 g/mol. The van der Waals surface area contributed by atoms with Crippen LogP contribution in [0.2, 0.25) is 0 Å². The van der Waals surface area contributed by atoms with E-state index < -0.39 is 35.1 Å². The lowest BCUT2D eigenvalue weighted by Gasteiger charge is -2.21. The third-order valence-corrected chi connectivity index (χ3v) is 4.36. The fourth-order valence-corrected chi connectivity index (χ4v) is 2.93. The molecule has 0 N–H and O–H groups in total. The molecule has 4 nitrogen and oxygen atoms in total. The molecular formula is C22H20F6N2O2. The maximum atomic E-state index is 13.3. The van der Waals surface area contributed by atoms with E-state index in [0.29, 0.717) is 18.9 Å². The summed E-state index contributed by atoms with van der Waals surface area (Å²) < 4.78 is 90.4. The van der Waals surface area contributed by atoms with Crippen molar-refractivity contribution in [2.24, 2.45) is 4.99 Å². The van der Waals surface area contributed by atoms with E-state index in [2.05, 4.69) is 4.99 Å². The van der Waals surface area contributed by atoms with E-state index in [0.717, 1.165) is 18.3 Å². The lowest BCUT2D eigenvalue weighted by Crippen LogP contribution is -2.25. The van der Waals surface area contributed by atoms with Gasteiger partial charge in [0, 0.05) is 18.8 Å². The topological polar surface area (TPSA) is 54.6 Å². The second-order valence-electron chi connectivity index (χ2n) is 6.79. The minimum absolute atomic E-state index is 0.0524. The molecule has 2 aromatic rings. The number of benzene rings is 2. The van der Waals surface area contributed by atoms with Gasteiger partial charge in [0.15, 0.2) is 0 Å². The van der Waals surface area contributed by atoms with Gasteiger partial charge in [-0.2, -0.15) is 31.6 Å². The van der Waals surface area contributed by atoms with E-state index in [1.54, 1.807) is 0 Å². The van der Waals surface area contributed by atoms with E-state index in [9.17, 15) is 26.3 Å². The molecule has 0 fully saturated rings. The number of hydrogen-bond donors (Lipinski definition) is 0. The van der Waals surface area contributed by atoms with Gasteiger partial charge in [0.2, 0.25) is 0 Å². The Balaban J connectivity index is 2.22. The Morgan fingerprint density at radius 2 is 1.62 bits per heavy atom. The Kier molecular flexibility index (Phi) is 8.14. The first kappa shape index (κ1) is 25.0. The van der Waals surface area contributed by atoms with Gasteiger partial charge in [0.05, 0.1) is 22.8 Å². The lowest BCUT2D eigenvalue weighted by atomic mass is 10.1. The average Bonchev–Trinajstić information content (AvgIpc) is 2.72. The quantitative estimate of drug-likeness (QED) is 0.346. The van der Waals surface area contributed by atoms with Gasteiger partial charge >= 0.3 is 12.4 Å². The van der Waals surface area contributed by atoms with Crippen LogP contribution in [0.25, 0.3) is 0 Å². The van der Waals surface area contributed by atoms with Gasteiger partial charge in [0.25, 0.3) is 0 Å². The number of alkyl halides is 6. The maximum absolute atomic E-state index is 13.3. The highest BCUT2D eigenvalue weighted by atomic mass is 19.4. The van der Waals surface area contributed by atoms with E-state index in [1.165, 1.54) is 31.3 Å². The number of rotatable bonds is 8. The summed E-state index contributed by atoms with van der Waals surface area (Å²) in [5.74, 6) is -0.185. The van der Waals surface area contributed by atoms with Crippen LogP contribution in [-0.4, -0.2) is 26.0 Å². The molecule has 2 aromatic carbocycles. The lowest BCUT2D eigenvalue weighted by molar-refractivity contribution is -0.138. The van der Waals surface area contributed by atoms with Crippen molar-refractivity contribution in [1.82, 2.24) is 0 Å². The minimum atomic E-state index is -4.73. The molecule has 1 unspecified atom stereocenters. The molecule has 0 aromatic heterocycles. The van der Waals surface area contributed by atoms with Gasteiger partial charge < -0.3 is 9.47 Å². The molecule has 0 heterocycles. The molecule has 172 valence electrons. The third-order valence-electron chi connectivity index (χ3n) is 4.36. The highest BCUT2D eigenvalue weighted by Gasteiger charge is 2.35. The van der Waals surface area contributed by atoms with Crippen LogP contribution in [0.4, 0.5) is 26.3 Å². The largest absolute Gasteiger partial charge is 0.490 e. The summed E-state index contributed by atoms with van der Waals surface area (Å²) in [6.45, 7) is 1.62. The molecule has 10 heteroatoms. The van der Waals surface area contributed by atoms with Crippen LogP contribution in [0.15, 0.2) is 41.4 Å². The highest BCUT2D eigenvalue weighted by molar-refractivity contribution is 5.82. The van der Waals surface area contributed by atoms with E-state index in [-0.39, 0.29) is 23.7 Å². The molecular weight excluding hydrogens is 438 g/mol. The predicted molar refractivity (Wildman–Crippen MR) is 106 cm³/mol. The van der Waals surface area contributed by atoms with Crippen molar-refractivity contribution in [1.29, 1.82) is 5.26 Å². The number of nitrogens with zero attached hydrogens (tertiary/aromatic N) is 2. The Hall–Kier alpha value is -3.22. The van der Waals surface area contributed by atoms with E-state index in [1.807, 2.05) is 6.92 Å². The molecule has 0 spiro atoms. The molecule has 0 aliphatic carbocycles. The van der Waals surface area contributed by atoms with Gasteiger partial charge in [-0.3, -0.25) is 4.99 Å². The van der Waals surface area contributed by atoms with Crippen molar-refractivity contribution in [2.75, 3.05) is 13.7 Å². The van der Waals surface area contributed by atoms with Gasteiger partial charge in [-0.1, -0.05) is 13.3 Å². The number of ether oxygens (including phenoxy) is 2. The van der Waals surface area contributed by atoms with Crippen LogP contribution < -0.4 is 9.47 Å². The van der Waals surface area contributed by atoms with E-state index in [4.69, 9.17) is 14.7 Å². The first-order valence-electron chi connectivity index (χ1n) is 9.53. The Morgan fingerprint density at radius 3 is 2.19 bits per heavy atom. The van der Waals surface area contributed by atoms with Crippen molar-refractivity contribution >= 4 is 6.21 Å². The number of hydrogen-bond acceptors (Lipinski definition) is 4. The Labute approximate surface area is 181 Å². The molecule has 2 rings (SSSR count). The normalized spacial score (nSPS) is 13.1. The van der Waals surface area contributed by atoms with Crippen LogP contribution in [-0.2, 0) is 12.4 Å². The van der Waals surface area contributed by atoms with Crippen molar-refractivity contribution in [2.45, 2.75) is 38.2 Å². The Bertz CT molecular complexity index is 993. The first-order valence-corrected chi connectivity index (χ1v) is 9.53. The summed E-state index contributed by atoms with van der Waals surface area (Å²) in [5.41, 5.74) is -2.71. The van der Waals surface area contributed by atoms with Gasteiger partial charge in [-0.15, -0.1) is 0 Å². The molecule has 0 bridgehead atoms. The first-order chi connectivity index (χ1) is 15.0. The third kappa shape index (κ3) is 6.64. The van der Waals surface area contributed by atoms with Crippen LogP contribution in [0.1, 0.15) is 42.0 Å². The molecule has 0 radical (unpaired) electrons. The minimum Gasteiger partial charge on any atom is -0.490 e. The van der Waals surface area contributed by atoms with Crippen molar-refractivity contribution in [3.8, 4) is 17.6 Å². The molecule has 32 heavy (non-hydrogen) atoms.